The molecule has 0 saturated carbocycles. The van der Waals surface area contributed by atoms with Gasteiger partial charge in [-0.15, -0.1) is 0 Å². The van der Waals surface area contributed by atoms with Crippen LogP contribution in [0, 0.1) is 0 Å². The Kier molecular flexibility index (Phi) is 7.55. The van der Waals surface area contributed by atoms with Gasteiger partial charge in [0.15, 0.2) is 0 Å². The SMILES string of the molecule is C=C(CC1=C(c2ccc(CC)cc2)C(c2ccc(CC)cc2)=NC1)Nc1ccc(-c2ccc(N)cc2)cc1. The molecule has 38 heavy (non-hydrogen) atoms. The molecule has 1 heterocycles. The van der Waals surface area contributed by atoms with Gasteiger partial charge in [0.05, 0.1) is 12.3 Å². The number of nitrogens with zero attached hydrogens (tertiary/aromatic N) is 1. The molecule has 190 valence electrons. The molecule has 0 fully saturated rings. The van der Waals surface area contributed by atoms with Gasteiger partial charge in [-0.1, -0.05) is 93.2 Å². The second-order valence-electron chi connectivity index (χ2n) is 9.85. The highest BCUT2D eigenvalue weighted by Crippen LogP contribution is 2.33. The first-order valence-electron chi connectivity index (χ1n) is 13.4. The van der Waals surface area contributed by atoms with Crippen molar-refractivity contribution in [3.05, 3.63) is 137 Å². The van der Waals surface area contributed by atoms with Crippen LogP contribution in [0.3, 0.4) is 0 Å². The highest BCUT2D eigenvalue weighted by molar-refractivity contribution is 6.34. The van der Waals surface area contributed by atoms with Gasteiger partial charge in [0, 0.05) is 34.6 Å². The average Bonchev–Trinajstić information content (AvgIpc) is 3.37. The molecule has 1 aliphatic rings. The Bertz CT molecular complexity index is 1470. The largest absolute Gasteiger partial charge is 0.399 e. The van der Waals surface area contributed by atoms with E-state index in [1.807, 2.05) is 24.3 Å². The Morgan fingerprint density at radius 1 is 0.711 bits per heavy atom. The predicted octanol–water partition coefficient (Wildman–Crippen LogP) is 8.33. The first-order valence-corrected chi connectivity index (χ1v) is 13.4. The van der Waals surface area contributed by atoms with E-state index in [1.54, 1.807) is 0 Å². The van der Waals surface area contributed by atoms with Crippen LogP contribution in [0.5, 0.6) is 0 Å². The van der Waals surface area contributed by atoms with E-state index in [-0.39, 0.29) is 0 Å². The second kappa shape index (κ2) is 11.4. The van der Waals surface area contributed by atoms with Crippen LogP contribution in [0.4, 0.5) is 11.4 Å². The third-order valence-electron chi connectivity index (χ3n) is 7.18. The highest BCUT2D eigenvalue weighted by Gasteiger charge is 2.23. The number of hydrogen-bond acceptors (Lipinski definition) is 3. The minimum absolute atomic E-state index is 0.687. The predicted molar refractivity (Wildman–Crippen MR) is 164 cm³/mol. The Morgan fingerprint density at radius 3 is 1.76 bits per heavy atom. The third kappa shape index (κ3) is 5.63. The summed E-state index contributed by atoms with van der Waals surface area (Å²) >= 11 is 0. The average molecular weight is 498 g/mol. The maximum atomic E-state index is 5.83. The molecule has 5 rings (SSSR count). The first-order chi connectivity index (χ1) is 18.5. The molecular weight excluding hydrogens is 462 g/mol. The summed E-state index contributed by atoms with van der Waals surface area (Å²) in [6, 6.07) is 34.2. The van der Waals surface area contributed by atoms with E-state index in [2.05, 4.69) is 98.5 Å². The van der Waals surface area contributed by atoms with Gasteiger partial charge in [-0.25, -0.2) is 0 Å². The molecule has 0 aliphatic carbocycles. The fourth-order valence-corrected chi connectivity index (χ4v) is 4.95. The zero-order valence-electron chi connectivity index (χ0n) is 22.3. The summed E-state index contributed by atoms with van der Waals surface area (Å²) in [7, 11) is 0. The van der Waals surface area contributed by atoms with Gasteiger partial charge in [-0.2, -0.15) is 0 Å². The molecule has 0 aromatic heterocycles. The maximum Gasteiger partial charge on any atom is 0.0729 e. The fourth-order valence-electron chi connectivity index (χ4n) is 4.95. The van der Waals surface area contributed by atoms with Crippen molar-refractivity contribution in [1.82, 2.24) is 0 Å². The van der Waals surface area contributed by atoms with Crippen LogP contribution >= 0.6 is 0 Å². The first kappa shape index (κ1) is 25.3. The Hall–Kier alpha value is -4.37. The molecule has 0 saturated heterocycles. The van der Waals surface area contributed by atoms with Gasteiger partial charge >= 0.3 is 0 Å². The van der Waals surface area contributed by atoms with Crippen molar-refractivity contribution in [3.63, 3.8) is 0 Å². The molecule has 0 atom stereocenters. The molecule has 3 heteroatoms. The molecule has 3 nitrogen and oxygen atoms in total. The summed E-state index contributed by atoms with van der Waals surface area (Å²) in [6.45, 7) is 9.43. The number of nitrogen functional groups attached to an aromatic ring is 1. The minimum Gasteiger partial charge on any atom is -0.399 e. The van der Waals surface area contributed by atoms with E-state index >= 15 is 0 Å². The van der Waals surface area contributed by atoms with E-state index in [4.69, 9.17) is 10.7 Å². The molecule has 3 N–H and O–H groups in total. The molecule has 1 aliphatic heterocycles. The number of allylic oxidation sites excluding steroid dienone is 2. The van der Waals surface area contributed by atoms with Crippen molar-refractivity contribution in [2.24, 2.45) is 4.99 Å². The Morgan fingerprint density at radius 2 is 1.21 bits per heavy atom. The number of aliphatic imine (C=N–C) groups is 1. The van der Waals surface area contributed by atoms with Gasteiger partial charge in [0.1, 0.15) is 0 Å². The van der Waals surface area contributed by atoms with E-state index in [0.29, 0.717) is 6.54 Å². The standard InChI is InChI=1S/C35H35N3/c1-4-25-6-10-29(11-7-25)34-31(23-37-35(34)30-12-8-26(5-2)9-13-30)22-24(3)38-33-20-16-28(17-21-33)27-14-18-32(36)19-15-27/h6-21,38H,3-5,22-23,36H2,1-2H3. The van der Waals surface area contributed by atoms with Crippen LogP contribution in [0.2, 0.25) is 0 Å². The summed E-state index contributed by atoms with van der Waals surface area (Å²) in [4.78, 5) is 5.02. The van der Waals surface area contributed by atoms with Crippen LogP contribution < -0.4 is 11.1 Å². The smallest absolute Gasteiger partial charge is 0.0729 e. The Balaban J connectivity index is 1.37. The molecule has 0 amide bonds. The van der Waals surface area contributed by atoms with Crippen LogP contribution in [-0.4, -0.2) is 12.3 Å². The number of aryl methyl sites for hydroxylation is 2. The lowest BCUT2D eigenvalue weighted by molar-refractivity contribution is 1.05. The number of hydrogen-bond donors (Lipinski definition) is 2. The van der Waals surface area contributed by atoms with Gasteiger partial charge < -0.3 is 11.1 Å². The van der Waals surface area contributed by atoms with E-state index in [9.17, 15) is 0 Å². The van der Waals surface area contributed by atoms with Crippen LogP contribution in [0.1, 0.15) is 42.5 Å². The van der Waals surface area contributed by atoms with Gasteiger partial charge in [0.2, 0.25) is 0 Å². The van der Waals surface area contributed by atoms with Crippen molar-refractivity contribution in [3.8, 4) is 11.1 Å². The van der Waals surface area contributed by atoms with Crippen LogP contribution in [-0.2, 0) is 12.8 Å². The molecule has 0 spiro atoms. The molecule has 0 unspecified atom stereocenters. The molecule has 4 aromatic carbocycles. The number of nitrogens with one attached hydrogen (secondary N) is 1. The highest BCUT2D eigenvalue weighted by atomic mass is 14.9. The van der Waals surface area contributed by atoms with Gasteiger partial charge in [0.25, 0.3) is 0 Å². The quantitative estimate of drug-likeness (QED) is 0.228. The summed E-state index contributed by atoms with van der Waals surface area (Å²) in [5, 5.41) is 3.52. The topological polar surface area (TPSA) is 50.4 Å². The van der Waals surface area contributed by atoms with E-state index in [1.165, 1.54) is 33.4 Å². The molecule has 4 aromatic rings. The summed E-state index contributed by atoms with van der Waals surface area (Å²) in [6.07, 6.45) is 2.81. The van der Waals surface area contributed by atoms with Crippen LogP contribution in [0.15, 0.2) is 120 Å². The lowest BCUT2D eigenvalue weighted by Crippen LogP contribution is -2.05. The maximum absolute atomic E-state index is 5.83. The Labute approximate surface area is 226 Å². The fraction of sp³-hybridized carbons (Fsp3) is 0.171. The zero-order valence-corrected chi connectivity index (χ0v) is 22.3. The van der Waals surface area contributed by atoms with E-state index in [0.717, 1.165) is 53.2 Å². The zero-order chi connectivity index (χ0) is 26.5. The summed E-state index contributed by atoms with van der Waals surface area (Å²) in [5.74, 6) is 0. The lowest BCUT2D eigenvalue weighted by Gasteiger charge is -2.15. The molecule has 0 bridgehead atoms. The molecular formula is C35H35N3. The number of benzene rings is 4. The number of anilines is 2. The summed E-state index contributed by atoms with van der Waals surface area (Å²) < 4.78 is 0. The normalized spacial score (nSPS) is 12.9. The number of rotatable bonds is 9. The van der Waals surface area contributed by atoms with Crippen molar-refractivity contribution in [2.75, 3.05) is 17.6 Å². The monoisotopic (exact) mass is 497 g/mol. The minimum atomic E-state index is 0.687. The second-order valence-corrected chi connectivity index (χ2v) is 9.85. The van der Waals surface area contributed by atoms with Crippen molar-refractivity contribution < 1.29 is 0 Å². The van der Waals surface area contributed by atoms with Gasteiger partial charge in [-0.3, -0.25) is 4.99 Å². The number of nitrogens with two attached hydrogens (primary N) is 1. The van der Waals surface area contributed by atoms with Gasteiger partial charge in [-0.05, 0) is 70.5 Å². The van der Waals surface area contributed by atoms with E-state index < -0.39 is 0 Å². The summed E-state index contributed by atoms with van der Waals surface area (Å²) in [5.41, 5.74) is 19.6. The molecule has 0 radical (unpaired) electrons. The lowest BCUT2D eigenvalue weighted by atomic mass is 9.91. The van der Waals surface area contributed by atoms with Crippen molar-refractivity contribution in [1.29, 1.82) is 0 Å². The third-order valence-corrected chi connectivity index (χ3v) is 7.18. The van der Waals surface area contributed by atoms with Crippen LogP contribution in [0.25, 0.3) is 16.7 Å². The van der Waals surface area contributed by atoms with Crippen molar-refractivity contribution >= 4 is 22.7 Å². The van der Waals surface area contributed by atoms with Crippen molar-refractivity contribution in [2.45, 2.75) is 33.1 Å².